The molecular weight excluding hydrogens is 330 g/mol. The standard InChI is InChI=1S/C20H27N3O3/c1-20(2,3)12-17-21-22-18(26-17)15-6-5-11-23(13-15)19(24)14-7-9-16(25-4)10-8-14/h7-10,15H,5-6,11-13H2,1-4H3. The number of benzene rings is 1. The number of nitrogens with zero attached hydrogens (tertiary/aromatic N) is 3. The van der Waals surface area contributed by atoms with Gasteiger partial charge in [-0.2, -0.15) is 0 Å². The Kier molecular flexibility index (Phi) is 5.30. The van der Waals surface area contributed by atoms with Gasteiger partial charge < -0.3 is 14.1 Å². The number of rotatable bonds is 4. The first-order valence-corrected chi connectivity index (χ1v) is 9.11. The number of methoxy groups -OCH3 is 1. The summed E-state index contributed by atoms with van der Waals surface area (Å²) in [6.45, 7) is 7.80. The molecule has 1 aliphatic rings. The summed E-state index contributed by atoms with van der Waals surface area (Å²) in [5, 5.41) is 8.43. The highest BCUT2D eigenvalue weighted by atomic mass is 16.5. The molecule has 1 fully saturated rings. The summed E-state index contributed by atoms with van der Waals surface area (Å²) in [6.07, 6.45) is 2.65. The Hall–Kier alpha value is -2.37. The van der Waals surface area contributed by atoms with E-state index in [-0.39, 0.29) is 17.2 Å². The van der Waals surface area contributed by atoms with Gasteiger partial charge in [0.2, 0.25) is 11.8 Å². The Balaban J connectivity index is 1.67. The Morgan fingerprint density at radius 1 is 1.27 bits per heavy atom. The second-order valence-corrected chi connectivity index (χ2v) is 8.09. The highest BCUT2D eigenvalue weighted by molar-refractivity contribution is 5.94. The van der Waals surface area contributed by atoms with Gasteiger partial charge in [0.25, 0.3) is 5.91 Å². The molecule has 6 nitrogen and oxygen atoms in total. The molecule has 1 aromatic heterocycles. The number of ether oxygens (including phenoxy) is 1. The molecule has 0 aliphatic carbocycles. The molecule has 2 heterocycles. The largest absolute Gasteiger partial charge is 0.497 e. The lowest BCUT2D eigenvalue weighted by Crippen LogP contribution is -2.39. The molecule has 0 radical (unpaired) electrons. The highest BCUT2D eigenvalue weighted by Crippen LogP contribution is 2.28. The molecule has 1 atom stereocenters. The van der Waals surface area contributed by atoms with Crippen LogP contribution >= 0.6 is 0 Å². The summed E-state index contributed by atoms with van der Waals surface area (Å²) >= 11 is 0. The lowest BCUT2D eigenvalue weighted by atomic mass is 9.92. The van der Waals surface area contributed by atoms with Crippen molar-refractivity contribution in [3.05, 3.63) is 41.6 Å². The van der Waals surface area contributed by atoms with E-state index in [1.54, 1.807) is 19.2 Å². The van der Waals surface area contributed by atoms with Crippen LogP contribution in [0.2, 0.25) is 0 Å². The van der Waals surface area contributed by atoms with E-state index >= 15 is 0 Å². The average Bonchev–Trinajstić information content (AvgIpc) is 3.08. The Bertz CT molecular complexity index is 746. The maximum atomic E-state index is 12.8. The molecule has 140 valence electrons. The summed E-state index contributed by atoms with van der Waals surface area (Å²) in [6, 6.07) is 7.23. The van der Waals surface area contributed by atoms with Crippen LogP contribution in [0.4, 0.5) is 0 Å². The van der Waals surface area contributed by atoms with Crippen LogP contribution in [0.1, 0.15) is 61.7 Å². The number of amides is 1. The van der Waals surface area contributed by atoms with E-state index in [9.17, 15) is 4.79 Å². The lowest BCUT2D eigenvalue weighted by molar-refractivity contribution is 0.0697. The third-order valence-electron chi connectivity index (χ3n) is 4.56. The van der Waals surface area contributed by atoms with Crippen LogP contribution in [-0.4, -0.2) is 41.2 Å². The summed E-state index contributed by atoms with van der Waals surface area (Å²) in [5.41, 5.74) is 0.776. The quantitative estimate of drug-likeness (QED) is 0.835. The maximum absolute atomic E-state index is 12.8. The van der Waals surface area contributed by atoms with Gasteiger partial charge in [0.1, 0.15) is 5.75 Å². The van der Waals surface area contributed by atoms with Crippen molar-refractivity contribution in [3.63, 3.8) is 0 Å². The molecule has 0 N–H and O–H groups in total. The van der Waals surface area contributed by atoms with E-state index in [1.165, 1.54) is 0 Å². The van der Waals surface area contributed by atoms with Gasteiger partial charge in [-0.15, -0.1) is 10.2 Å². The van der Waals surface area contributed by atoms with Gasteiger partial charge in [0.05, 0.1) is 13.0 Å². The highest BCUT2D eigenvalue weighted by Gasteiger charge is 2.29. The minimum atomic E-state index is 0.0341. The van der Waals surface area contributed by atoms with Gasteiger partial charge >= 0.3 is 0 Å². The first kappa shape index (κ1) is 18.4. The third-order valence-corrected chi connectivity index (χ3v) is 4.56. The molecule has 2 aromatic rings. The molecule has 1 unspecified atom stereocenters. The van der Waals surface area contributed by atoms with Crippen LogP contribution in [0.25, 0.3) is 0 Å². The fourth-order valence-corrected chi connectivity index (χ4v) is 3.24. The van der Waals surface area contributed by atoms with Gasteiger partial charge in [-0.1, -0.05) is 20.8 Å². The molecule has 6 heteroatoms. The zero-order valence-electron chi connectivity index (χ0n) is 16.0. The number of piperidine rings is 1. The second-order valence-electron chi connectivity index (χ2n) is 8.09. The van der Waals surface area contributed by atoms with Crippen molar-refractivity contribution >= 4 is 5.91 Å². The van der Waals surface area contributed by atoms with Gasteiger partial charge in [-0.3, -0.25) is 4.79 Å². The monoisotopic (exact) mass is 357 g/mol. The molecule has 0 spiro atoms. The van der Waals surface area contributed by atoms with E-state index in [1.807, 2.05) is 17.0 Å². The van der Waals surface area contributed by atoms with Crippen LogP contribution in [-0.2, 0) is 6.42 Å². The Morgan fingerprint density at radius 2 is 2.00 bits per heavy atom. The number of hydrogen-bond donors (Lipinski definition) is 0. The predicted octanol–water partition coefficient (Wildman–Crippen LogP) is 3.69. The zero-order valence-corrected chi connectivity index (χ0v) is 16.0. The Morgan fingerprint density at radius 3 is 2.65 bits per heavy atom. The molecule has 1 aliphatic heterocycles. The Labute approximate surface area is 154 Å². The van der Waals surface area contributed by atoms with Crippen molar-refractivity contribution in [2.45, 2.75) is 46.0 Å². The van der Waals surface area contributed by atoms with Crippen molar-refractivity contribution in [2.75, 3.05) is 20.2 Å². The number of carbonyl (C=O) groups excluding carboxylic acids is 1. The van der Waals surface area contributed by atoms with Crippen molar-refractivity contribution in [1.29, 1.82) is 0 Å². The van der Waals surface area contributed by atoms with Crippen molar-refractivity contribution in [2.24, 2.45) is 5.41 Å². The third kappa shape index (κ3) is 4.42. The number of aromatic nitrogens is 2. The molecular formula is C20H27N3O3. The van der Waals surface area contributed by atoms with Crippen LogP contribution in [0.3, 0.4) is 0 Å². The smallest absolute Gasteiger partial charge is 0.253 e. The van der Waals surface area contributed by atoms with Crippen molar-refractivity contribution in [3.8, 4) is 5.75 Å². The van der Waals surface area contributed by atoms with Crippen molar-refractivity contribution < 1.29 is 13.9 Å². The van der Waals surface area contributed by atoms with Crippen LogP contribution in [0.5, 0.6) is 5.75 Å². The van der Waals surface area contributed by atoms with E-state index in [2.05, 4.69) is 31.0 Å². The fourth-order valence-electron chi connectivity index (χ4n) is 3.24. The van der Waals surface area contributed by atoms with Crippen LogP contribution in [0.15, 0.2) is 28.7 Å². The first-order valence-electron chi connectivity index (χ1n) is 9.11. The SMILES string of the molecule is COc1ccc(C(=O)N2CCCC(c3nnc(CC(C)(C)C)o3)C2)cc1. The zero-order chi connectivity index (χ0) is 18.7. The minimum Gasteiger partial charge on any atom is -0.497 e. The van der Waals surface area contributed by atoms with E-state index in [4.69, 9.17) is 9.15 Å². The summed E-state index contributed by atoms with van der Waals surface area (Å²) < 4.78 is 11.0. The topological polar surface area (TPSA) is 68.5 Å². The summed E-state index contributed by atoms with van der Waals surface area (Å²) in [7, 11) is 1.62. The maximum Gasteiger partial charge on any atom is 0.253 e. The van der Waals surface area contributed by atoms with E-state index in [0.29, 0.717) is 23.9 Å². The van der Waals surface area contributed by atoms with Gasteiger partial charge in [-0.05, 0) is 42.5 Å². The van der Waals surface area contributed by atoms with E-state index < -0.39 is 0 Å². The normalized spacial score (nSPS) is 18.0. The predicted molar refractivity (Wildman–Crippen MR) is 98.3 cm³/mol. The van der Waals surface area contributed by atoms with Gasteiger partial charge in [0, 0.05) is 25.1 Å². The molecule has 1 aromatic carbocycles. The second kappa shape index (κ2) is 7.48. The van der Waals surface area contributed by atoms with Crippen LogP contribution in [0, 0.1) is 5.41 Å². The van der Waals surface area contributed by atoms with Gasteiger partial charge in [0.15, 0.2) is 0 Å². The average molecular weight is 357 g/mol. The molecule has 0 bridgehead atoms. The summed E-state index contributed by atoms with van der Waals surface area (Å²) in [4.78, 5) is 14.7. The molecule has 1 amide bonds. The molecule has 3 rings (SSSR count). The minimum absolute atomic E-state index is 0.0341. The number of likely N-dealkylation sites (tertiary alicyclic amines) is 1. The van der Waals surface area contributed by atoms with Crippen molar-refractivity contribution in [1.82, 2.24) is 15.1 Å². The first-order chi connectivity index (χ1) is 12.4. The molecule has 0 saturated carbocycles. The number of carbonyl (C=O) groups is 1. The lowest BCUT2D eigenvalue weighted by Gasteiger charge is -2.31. The van der Waals surface area contributed by atoms with Gasteiger partial charge in [-0.25, -0.2) is 0 Å². The number of hydrogen-bond acceptors (Lipinski definition) is 5. The fraction of sp³-hybridized carbons (Fsp3) is 0.550. The van der Waals surface area contributed by atoms with Crippen LogP contribution < -0.4 is 4.74 Å². The summed E-state index contributed by atoms with van der Waals surface area (Å²) in [5.74, 6) is 2.21. The molecule has 26 heavy (non-hydrogen) atoms. The molecule has 1 saturated heterocycles. The van der Waals surface area contributed by atoms with E-state index in [0.717, 1.165) is 31.6 Å².